The number of nitrogens with zero attached hydrogens (tertiary/aromatic N) is 1. The van der Waals surface area contributed by atoms with Crippen molar-refractivity contribution in [2.45, 2.75) is 39.7 Å². The van der Waals surface area contributed by atoms with Crippen LogP contribution in [-0.2, 0) is 17.9 Å². The van der Waals surface area contributed by atoms with Gasteiger partial charge in [0.05, 0.1) is 12.3 Å². The first-order valence-corrected chi connectivity index (χ1v) is 9.04. The molecule has 130 valence electrons. The van der Waals surface area contributed by atoms with Gasteiger partial charge < -0.3 is 4.90 Å². The zero-order valence-corrected chi connectivity index (χ0v) is 15.0. The molecule has 0 aromatic heterocycles. The van der Waals surface area contributed by atoms with Crippen LogP contribution < -0.4 is 5.48 Å². The lowest BCUT2D eigenvalue weighted by Gasteiger charge is -2.21. The number of nitrogens with one attached hydrogen (secondary N) is 1. The molecule has 2 rings (SSSR count). The van der Waals surface area contributed by atoms with Gasteiger partial charge in [-0.25, -0.2) is 0 Å². The Bertz CT molecular complexity index is 565. The Balaban J connectivity index is 1.80. The van der Waals surface area contributed by atoms with Gasteiger partial charge in [0.25, 0.3) is 0 Å². The van der Waals surface area contributed by atoms with Gasteiger partial charge in [-0.1, -0.05) is 56.3 Å². The van der Waals surface area contributed by atoms with Crippen molar-refractivity contribution in [1.82, 2.24) is 4.90 Å². The van der Waals surface area contributed by atoms with Crippen LogP contribution in [-0.4, -0.2) is 24.5 Å². The highest BCUT2D eigenvalue weighted by Crippen LogP contribution is 2.13. The van der Waals surface area contributed by atoms with Gasteiger partial charge in [0.1, 0.15) is 0 Å². The van der Waals surface area contributed by atoms with E-state index in [2.05, 4.69) is 54.6 Å². The van der Waals surface area contributed by atoms with Crippen molar-refractivity contribution in [3.63, 3.8) is 0 Å². The third-order valence-corrected chi connectivity index (χ3v) is 4.00. The Labute approximate surface area is 146 Å². The van der Waals surface area contributed by atoms with E-state index in [1.807, 2.05) is 24.3 Å². The van der Waals surface area contributed by atoms with Gasteiger partial charge in [-0.15, -0.1) is 0 Å². The lowest BCUT2D eigenvalue weighted by Crippen LogP contribution is -2.27. The van der Waals surface area contributed by atoms with Gasteiger partial charge in [0.2, 0.25) is 0 Å². The first-order chi connectivity index (χ1) is 11.8. The monoisotopic (exact) mass is 326 g/mol. The number of rotatable bonds is 11. The van der Waals surface area contributed by atoms with E-state index >= 15 is 0 Å². The van der Waals surface area contributed by atoms with Crippen molar-refractivity contribution in [2.75, 3.05) is 25.1 Å². The minimum absolute atomic E-state index is 0.561. The second-order valence-electron chi connectivity index (χ2n) is 6.17. The molecule has 0 aliphatic rings. The lowest BCUT2D eigenvalue weighted by atomic mass is 10.1. The van der Waals surface area contributed by atoms with E-state index in [4.69, 9.17) is 4.84 Å². The van der Waals surface area contributed by atoms with Crippen molar-refractivity contribution in [3.8, 4) is 0 Å². The molecule has 24 heavy (non-hydrogen) atoms. The smallest absolute Gasteiger partial charge is 0.0996 e. The van der Waals surface area contributed by atoms with Gasteiger partial charge in [-0.05, 0) is 55.6 Å². The zero-order valence-electron chi connectivity index (χ0n) is 15.0. The largest absolute Gasteiger partial charge is 0.303 e. The van der Waals surface area contributed by atoms with Gasteiger partial charge in [-0.3, -0.25) is 10.3 Å². The lowest BCUT2D eigenvalue weighted by molar-refractivity contribution is 0.180. The molecule has 0 heterocycles. The predicted molar refractivity (Wildman–Crippen MR) is 102 cm³/mol. The van der Waals surface area contributed by atoms with Crippen LogP contribution in [0.15, 0.2) is 54.6 Å². The maximum atomic E-state index is 5.60. The number of benzene rings is 2. The van der Waals surface area contributed by atoms with Crippen LogP contribution in [0.3, 0.4) is 0 Å². The number of hydrogen-bond acceptors (Lipinski definition) is 3. The Morgan fingerprint density at radius 2 is 1.54 bits per heavy atom. The molecule has 0 aliphatic carbocycles. The second kappa shape index (κ2) is 10.8. The van der Waals surface area contributed by atoms with Crippen molar-refractivity contribution >= 4 is 5.69 Å². The van der Waals surface area contributed by atoms with Crippen LogP contribution in [0, 0.1) is 0 Å². The minimum Gasteiger partial charge on any atom is -0.303 e. The third kappa shape index (κ3) is 6.73. The van der Waals surface area contributed by atoms with E-state index in [0.29, 0.717) is 6.61 Å². The molecule has 2 aromatic rings. The molecular formula is C21H30N2O. The van der Waals surface area contributed by atoms with Crippen molar-refractivity contribution in [2.24, 2.45) is 0 Å². The molecule has 0 saturated heterocycles. The van der Waals surface area contributed by atoms with E-state index in [1.165, 1.54) is 31.5 Å². The summed E-state index contributed by atoms with van der Waals surface area (Å²) in [5, 5.41) is 0. The molecule has 0 atom stereocenters. The molecule has 2 aromatic carbocycles. The molecule has 1 N–H and O–H groups in total. The molecule has 0 bridgehead atoms. The van der Waals surface area contributed by atoms with Gasteiger partial charge in [0, 0.05) is 6.54 Å². The average molecular weight is 326 g/mol. The fourth-order valence-electron chi connectivity index (χ4n) is 2.82. The van der Waals surface area contributed by atoms with Crippen LogP contribution in [0.2, 0.25) is 0 Å². The summed E-state index contributed by atoms with van der Waals surface area (Å²) in [4.78, 5) is 8.15. The Hall–Kier alpha value is -1.84. The summed E-state index contributed by atoms with van der Waals surface area (Å²) in [6.45, 7) is 8.55. The van der Waals surface area contributed by atoms with Crippen molar-refractivity contribution < 1.29 is 4.84 Å². The molecule has 0 spiro atoms. The molecule has 0 unspecified atom stereocenters. The summed E-state index contributed by atoms with van der Waals surface area (Å²) >= 11 is 0. The summed E-state index contributed by atoms with van der Waals surface area (Å²) in [6, 6.07) is 18.7. The summed E-state index contributed by atoms with van der Waals surface area (Å²) in [7, 11) is 0. The highest BCUT2D eigenvalue weighted by atomic mass is 16.6. The summed E-state index contributed by atoms with van der Waals surface area (Å²) in [5.41, 5.74) is 6.58. The molecular weight excluding hydrogens is 296 g/mol. The van der Waals surface area contributed by atoms with Crippen LogP contribution >= 0.6 is 0 Å². The van der Waals surface area contributed by atoms with E-state index in [9.17, 15) is 0 Å². The van der Waals surface area contributed by atoms with Crippen LogP contribution in [0.1, 0.15) is 37.8 Å². The van der Waals surface area contributed by atoms with E-state index in [1.54, 1.807) is 0 Å². The summed E-state index contributed by atoms with van der Waals surface area (Å²) in [5.74, 6) is 0. The number of hydrogen-bond donors (Lipinski definition) is 1. The maximum absolute atomic E-state index is 5.60. The average Bonchev–Trinajstić information content (AvgIpc) is 2.61. The Morgan fingerprint density at radius 3 is 2.25 bits per heavy atom. The molecule has 0 fully saturated rings. The maximum Gasteiger partial charge on any atom is 0.0996 e. The van der Waals surface area contributed by atoms with Crippen molar-refractivity contribution in [1.29, 1.82) is 0 Å². The van der Waals surface area contributed by atoms with Crippen LogP contribution in [0.4, 0.5) is 5.69 Å². The molecule has 0 amide bonds. The molecule has 0 aliphatic heterocycles. The first-order valence-electron chi connectivity index (χ1n) is 9.04. The quantitative estimate of drug-likeness (QED) is 0.595. The van der Waals surface area contributed by atoms with Gasteiger partial charge in [0.15, 0.2) is 0 Å². The van der Waals surface area contributed by atoms with Gasteiger partial charge >= 0.3 is 0 Å². The number of anilines is 1. The topological polar surface area (TPSA) is 24.5 Å². The van der Waals surface area contributed by atoms with Crippen LogP contribution in [0.5, 0.6) is 0 Å². The Kier molecular flexibility index (Phi) is 8.36. The highest BCUT2D eigenvalue weighted by Gasteiger charge is 2.03. The van der Waals surface area contributed by atoms with E-state index in [-0.39, 0.29) is 0 Å². The third-order valence-electron chi connectivity index (χ3n) is 4.00. The standard InChI is InChI=1S/C21H30N2O/c1-3-14-23(15-4-2)16-13-19-11-8-12-21(17-19)22-24-18-20-9-6-5-7-10-20/h5-12,17,22H,3-4,13-16,18H2,1-2H3. The van der Waals surface area contributed by atoms with Crippen LogP contribution in [0.25, 0.3) is 0 Å². The van der Waals surface area contributed by atoms with E-state index in [0.717, 1.165) is 24.2 Å². The normalized spacial score (nSPS) is 11.0. The Morgan fingerprint density at radius 1 is 0.833 bits per heavy atom. The molecule has 0 radical (unpaired) electrons. The van der Waals surface area contributed by atoms with E-state index < -0.39 is 0 Å². The second-order valence-corrected chi connectivity index (χ2v) is 6.17. The predicted octanol–water partition coefficient (Wildman–Crippen LogP) is 4.89. The minimum atomic E-state index is 0.561. The SMILES string of the molecule is CCCN(CCC)CCc1cccc(NOCc2ccccc2)c1. The molecule has 0 saturated carbocycles. The van der Waals surface area contributed by atoms with Gasteiger partial charge in [-0.2, -0.15) is 0 Å². The molecule has 3 heteroatoms. The highest BCUT2D eigenvalue weighted by molar-refractivity contribution is 5.44. The summed E-state index contributed by atoms with van der Waals surface area (Å²) in [6.07, 6.45) is 3.51. The first kappa shape index (κ1) is 18.5. The molecule has 3 nitrogen and oxygen atoms in total. The fraction of sp³-hybridized carbons (Fsp3) is 0.429. The van der Waals surface area contributed by atoms with Crippen molar-refractivity contribution in [3.05, 3.63) is 65.7 Å². The zero-order chi connectivity index (χ0) is 17.0. The fourth-order valence-corrected chi connectivity index (χ4v) is 2.82. The summed E-state index contributed by atoms with van der Waals surface area (Å²) < 4.78 is 0.